The van der Waals surface area contributed by atoms with Crippen LogP contribution in [0.4, 0.5) is 0 Å². The van der Waals surface area contributed by atoms with Crippen LogP contribution in [0.25, 0.3) is 0 Å². The summed E-state index contributed by atoms with van der Waals surface area (Å²) in [7, 11) is -3.51. The van der Waals surface area contributed by atoms with Gasteiger partial charge < -0.3 is 5.11 Å². The molecule has 2 atom stereocenters. The molecule has 1 aromatic rings. The van der Waals surface area contributed by atoms with Crippen LogP contribution >= 0.6 is 0 Å². The van der Waals surface area contributed by atoms with Crippen molar-refractivity contribution in [2.45, 2.75) is 57.1 Å². The fraction of sp³-hybridized carbons (Fsp3) is 0.600. The molecular weight excluding hydrogens is 274 g/mol. The first-order valence-corrected chi connectivity index (χ1v) is 8.63. The van der Waals surface area contributed by atoms with Gasteiger partial charge in [0.15, 0.2) is 0 Å². The molecule has 0 heterocycles. The van der Waals surface area contributed by atoms with Crippen molar-refractivity contribution in [1.29, 1.82) is 0 Å². The number of hydrogen-bond donors (Lipinski definition) is 2. The Morgan fingerprint density at radius 2 is 2.10 bits per heavy atom. The highest BCUT2D eigenvalue weighted by Gasteiger charge is 2.25. The molecule has 0 amide bonds. The van der Waals surface area contributed by atoms with Crippen LogP contribution in [0.1, 0.15) is 43.7 Å². The minimum atomic E-state index is -3.51. The molecular formula is C15H23NO3S. The minimum Gasteiger partial charge on any atom is -0.392 e. The molecule has 2 unspecified atom stereocenters. The number of benzene rings is 1. The maximum absolute atomic E-state index is 12.5. The second-order valence-electron chi connectivity index (χ2n) is 5.85. The van der Waals surface area contributed by atoms with E-state index in [1.807, 2.05) is 0 Å². The van der Waals surface area contributed by atoms with Crippen LogP contribution in [0.2, 0.25) is 0 Å². The predicted octanol–water partition coefficient (Wildman–Crippen LogP) is 2.34. The van der Waals surface area contributed by atoms with Crippen LogP contribution in [0.15, 0.2) is 23.1 Å². The van der Waals surface area contributed by atoms with Crippen LogP contribution in [0, 0.1) is 12.8 Å². The lowest BCUT2D eigenvalue weighted by atomic mass is 9.88. The van der Waals surface area contributed by atoms with E-state index in [0.29, 0.717) is 17.0 Å². The highest BCUT2D eigenvalue weighted by atomic mass is 32.2. The molecule has 5 heteroatoms. The molecule has 0 saturated heterocycles. The third kappa shape index (κ3) is 3.59. The Balaban J connectivity index is 2.21. The maximum atomic E-state index is 12.5. The van der Waals surface area contributed by atoms with Crippen LogP contribution in [-0.2, 0) is 16.6 Å². The van der Waals surface area contributed by atoms with Gasteiger partial charge in [-0.2, -0.15) is 0 Å². The molecule has 2 N–H and O–H groups in total. The van der Waals surface area contributed by atoms with Gasteiger partial charge in [-0.3, -0.25) is 0 Å². The Morgan fingerprint density at radius 1 is 1.35 bits per heavy atom. The van der Waals surface area contributed by atoms with Gasteiger partial charge in [0.25, 0.3) is 0 Å². The number of rotatable bonds is 4. The number of nitrogens with one attached hydrogen (secondary N) is 1. The van der Waals surface area contributed by atoms with Crippen molar-refractivity contribution >= 4 is 10.0 Å². The van der Waals surface area contributed by atoms with Gasteiger partial charge in [-0.05, 0) is 42.9 Å². The monoisotopic (exact) mass is 297 g/mol. The van der Waals surface area contributed by atoms with Crippen LogP contribution in [0.3, 0.4) is 0 Å². The zero-order chi connectivity index (χ0) is 14.8. The van der Waals surface area contributed by atoms with Crippen molar-refractivity contribution in [1.82, 2.24) is 4.72 Å². The number of aryl methyl sites for hydroxylation is 1. The summed E-state index contributed by atoms with van der Waals surface area (Å²) in [4.78, 5) is 0.280. The SMILES string of the molecule is Cc1ccc(CO)cc1S(=O)(=O)NC1CCCC(C)C1. The average molecular weight is 297 g/mol. The van der Waals surface area contributed by atoms with E-state index in [-0.39, 0.29) is 17.5 Å². The summed E-state index contributed by atoms with van der Waals surface area (Å²) in [6, 6.07) is 5.07. The number of aliphatic hydroxyl groups is 1. The first-order chi connectivity index (χ1) is 9.42. The van der Waals surface area contributed by atoms with Crippen molar-refractivity contribution in [2.75, 3.05) is 0 Å². The Labute approximate surface area is 121 Å². The minimum absolute atomic E-state index is 0.0286. The van der Waals surface area contributed by atoms with Crippen LogP contribution in [0.5, 0.6) is 0 Å². The standard InChI is InChI=1S/C15H23NO3S/c1-11-4-3-5-14(8-11)16-20(18,19)15-9-13(10-17)7-6-12(15)2/h6-7,9,11,14,16-17H,3-5,8,10H2,1-2H3. The number of aliphatic hydroxyl groups excluding tert-OH is 1. The topological polar surface area (TPSA) is 66.4 Å². The van der Waals surface area contributed by atoms with E-state index in [4.69, 9.17) is 5.11 Å². The van der Waals surface area contributed by atoms with E-state index in [0.717, 1.165) is 19.3 Å². The molecule has 1 aliphatic rings. The molecule has 0 bridgehead atoms. The van der Waals surface area contributed by atoms with Gasteiger partial charge in [0, 0.05) is 6.04 Å². The summed E-state index contributed by atoms with van der Waals surface area (Å²) >= 11 is 0. The van der Waals surface area contributed by atoms with Gasteiger partial charge in [-0.25, -0.2) is 13.1 Å². The van der Waals surface area contributed by atoms with E-state index in [2.05, 4.69) is 11.6 Å². The molecule has 112 valence electrons. The van der Waals surface area contributed by atoms with Gasteiger partial charge in [0.05, 0.1) is 11.5 Å². The summed E-state index contributed by atoms with van der Waals surface area (Å²) in [6.45, 7) is 3.79. The lowest BCUT2D eigenvalue weighted by molar-refractivity contribution is 0.281. The Kier molecular flexibility index (Phi) is 4.83. The Bertz CT molecular complexity index is 568. The molecule has 4 nitrogen and oxygen atoms in total. The number of sulfonamides is 1. The van der Waals surface area contributed by atoms with Gasteiger partial charge >= 0.3 is 0 Å². The fourth-order valence-corrected chi connectivity index (χ4v) is 4.43. The Hall–Kier alpha value is -0.910. The first-order valence-electron chi connectivity index (χ1n) is 7.15. The Morgan fingerprint density at radius 3 is 2.75 bits per heavy atom. The molecule has 1 saturated carbocycles. The molecule has 1 aliphatic carbocycles. The summed E-state index contributed by atoms with van der Waals surface area (Å²) in [5.74, 6) is 0.571. The highest BCUT2D eigenvalue weighted by molar-refractivity contribution is 7.89. The van der Waals surface area contributed by atoms with E-state index in [1.165, 1.54) is 6.42 Å². The normalized spacial score (nSPS) is 23.8. The van der Waals surface area contributed by atoms with E-state index < -0.39 is 10.0 Å². The highest BCUT2D eigenvalue weighted by Crippen LogP contribution is 2.25. The van der Waals surface area contributed by atoms with Crippen molar-refractivity contribution in [3.63, 3.8) is 0 Å². The smallest absolute Gasteiger partial charge is 0.241 e. The summed E-state index contributed by atoms with van der Waals surface area (Å²) < 4.78 is 27.8. The van der Waals surface area contributed by atoms with E-state index >= 15 is 0 Å². The first kappa shape index (κ1) is 15.5. The molecule has 0 radical (unpaired) electrons. The molecule has 1 fully saturated rings. The fourth-order valence-electron chi connectivity index (χ4n) is 2.86. The van der Waals surface area contributed by atoms with Gasteiger partial charge in [-0.15, -0.1) is 0 Å². The van der Waals surface area contributed by atoms with Crippen molar-refractivity contribution < 1.29 is 13.5 Å². The van der Waals surface area contributed by atoms with Gasteiger partial charge in [0.2, 0.25) is 10.0 Å². The van der Waals surface area contributed by atoms with Crippen molar-refractivity contribution in [3.05, 3.63) is 29.3 Å². The summed E-state index contributed by atoms with van der Waals surface area (Å²) in [5, 5.41) is 9.16. The second-order valence-corrected chi connectivity index (χ2v) is 7.53. The third-order valence-electron chi connectivity index (χ3n) is 3.98. The average Bonchev–Trinajstić information content (AvgIpc) is 2.38. The molecule has 1 aromatic carbocycles. The van der Waals surface area contributed by atoms with E-state index in [1.54, 1.807) is 25.1 Å². The molecule has 20 heavy (non-hydrogen) atoms. The molecule has 0 spiro atoms. The quantitative estimate of drug-likeness (QED) is 0.896. The lowest BCUT2D eigenvalue weighted by Crippen LogP contribution is -2.38. The summed E-state index contributed by atoms with van der Waals surface area (Å²) in [5.41, 5.74) is 1.33. The third-order valence-corrected chi connectivity index (χ3v) is 5.65. The number of hydrogen-bond acceptors (Lipinski definition) is 3. The lowest BCUT2D eigenvalue weighted by Gasteiger charge is -2.27. The molecule has 0 aliphatic heterocycles. The van der Waals surface area contributed by atoms with Crippen molar-refractivity contribution in [2.24, 2.45) is 5.92 Å². The molecule has 0 aromatic heterocycles. The predicted molar refractivity (Wildman–Crippen MR) is 78.8 cm³/mol. The summed E-state index contributed by atoms with van der Waals surface area (Å²) in [6.07, 6.45) is 4.06. The van der Waals surface area contributed by atoms with Crippen LogP contribution in [-0.4, -0.2) is 19.6 Å². The van der Waals surface area contributed by atoms with Crippen LogP contribution < -0.4 is 4.72 Å². The molecule has 2 rings (SSSR count). The van der Waals surface area contributed by atoms with Crippen molar-refractivity contribution in [3.8, 4) is 0 Å². The van der Waals surface area contributed by atoms with E-state index in [9.17, 15) is 8.42 Å². The van der Waals surface area contributed by atoms with Gasteiger partial charge in [0.1, 0.15) is 0 Å². The second kappa shape index (κ2) is 6.24. The zero-order valence-corrected chi connectivity index (χ0v) is 12.9. The van der Waals surface area contributed by atoms with Gasteiger partial charge in [-0.1, -0.05) is 31.9 Å². The largest absolute Gasteiger partial charge is 0.392 e. The zero-order valence-electron chi connectivity index (χ0n) is 12.1. The maximum Gasteiger partial charge on any atom is 0.241 e.